The first-order valence-electron chi connectivity index (χ1n) is 6.80. The quantitative estimate of drug-likeness (QED) is 0.749. The number of benzene rings is 1. The average molecular weight is 315 g/mol. The van der Waals surface area contributed by atoms with E-state index in [1.165, 1.54) is 20.2 Å². The van der Waals surface area contributed by atoms with E-state index >= 15 is 0 Å². The lowest BCUT2D eigenvalue weighted by Gasteiger charge is -2.26. The molecule has 6 nitrogen and oxygen atoms in total. The number of ether oxygens (including phenoxy) is 1. The van der Waals surface area contributed by atoms with Gasteiger partial charge in [-0.3, -0.25) is 0 Å². The molecule has 3 N–H and O–H groups in total. The van der Waals surface area contributed by atoms with Crippen LogP contribution in [0.15, 0.2) is 23.1 Å². The second kappa shape index (κ2) is 6.64. The van der Waals surface area contributed by atoms with Gasteiger partial charge in [0.05, 0.1) is 17.0 Å². The Kier molecular flexibility index (Phi) is 5.61. The highest BCUT2D eigenvalue weighted by Crippen LogP contribution is 2.28. The molecule has 1 aromatic carbocycles. The van der Waals surface area contributed by atoms with E-state index < -0.39 is 10.0 Å². The molecule has 7 heteroatoms. The van der Waals surface area contributed by atoms with E-state index in [0.29, 0.717) is 18.8 Å². The Balaban J connectivity index is 3.03. The summed E-state index contributed by atoms with van der Waals surface area (Å²) in [5.74, 6) is 0. The van der Waals surface area contributed by atoms with Crippen molar-refractivity contribution in [3.63, 3.8) is 0 Å². The molecular formula is C14H25N3O3S. The fourth-order valence-electron chi connectivity index (χ4n) is 1.87. The molecule has 21 heavy (non-hydrogen) atoms. The Morgan fingerprint density at radius 1 is 1.33 bits per heavy atom. The number of para-hydroxylation sites is 1. The van der Waals surface area contributed by atoms with Gasteiger partial charge < -0.3 is 15.8 Å². The Hall–Kier alpha value is -1.31. The molecule has 1 rings (SSSR count). The van der Waals surface area contributed by atoms with E-state index in [4.69, 9.17) is 10.5 Å². The predicted octanol–water partition coefficient (Wildman–Crippen LogP) is 1.75. The van der Waals surface area contributed by atoms with Crippen molar-refractivity contribution in [2.75, 3.05) is 38.3 Å². The molecule has 0 aliphatic carbocycles. The monoisotopic (exact) mass is 315 g/mol. The van der Waals surface area contributed by atoms with Crippen LogP contribution < -0.4 is 11.1 Å². The maximum atomic E-state index is 12.2. The van der Waals surface area contributed by atoms with E-state index in [1.807, 2.05) is 20.8 Å². The normalized spacial score (nSPS) is 12.7. The van der Waals surface area contributed by atoms with Gasteiger partial charge in [-0.2, -0.15) is 0 Å². The minimum absolute atomic E-state index is 0.103. The van der Waals surface area contributed by atoms with Crippen LogP contribution in [0.25, 0.3) is 0 Å². The molecule has 0 aromatic heterocycles. The number of nitrogens with one attached hydrogen (secondary N) is 1. The summed E-state index contributed by atoms with van der Waals surface area (Å²) in [4.78, 5) is 0.103. The molecule has 0 spiro atoms. The molecule has 0 amide bonds. The van der Waals surface area contributed by atoms with Gasteiger partial charge in [-0.15, -0.1) is 0 Å². The molecule has 0 radical (unpaired) electrons. The Labute approximate surface area is 127 Å². The first-order valence-corrected chi connectivity index (χ1v) is 8.24. The van der Waals surface area contributed by atoms with Crippen molar-refractivity contribution in [1.82, 2.24) is 4.31 Å². The minimum Gasteiger partial charge on any atom is -0.396 e. The second-order valence-electron chi connectivity index (χ2n) is 5.55. The van der Waals surface area contributed by atoms with Gasteiger partial charge in [0.1, 0.15) is 4.90 Å². The highest BCUT2D eigenvalue weighted by Gasteiger charge is 2.23. The summed E-state index contributed by atoms with van der Waals surface area (Å²) < 4.78 is 31.1. The number of sulfonamides is 1. The van der Waals surface area contributed by atoms with Crippen LogP contribution in [0.1, 0.15) is 20.8 Å². The highest BCUT2D eigenvalue weighted by atomic mass is 32.2. The maximum absolute atomic E-state index is 12.2. The van der Waals surface area contributed by atoms with Crippen molar-refractivity contribution >= 4 is 21.4 Å². The number of nitrogens with zero attached hydrogens (tertiary/aromatic N) is 1. The van der Waals surface area contributed by atoms with Crippen molar-refractivity contribution in [2.24, 2.45) is 0 Å². The predicted molar refractivity (Wildman–Crippen MR) is 85.9 cm³/mol. The molecule has 0 saturated heterocycles. The minimum atomic E-state index is -3.56. The zero-order chi connectivity index (χ0) is 16.3. The number of nitrogens with two attached hydrogens (primary N) is 1. The maximum Gasteiger partial charge on any atom is 0.244 e. The third-order valence-corrected chi connectivity index (χ3v) is 4.94. The van der Waals surface area contributed by atoms with Gasteiger partial charge in [0, 0.05) is 27.2 Å². The van der Waals surface area contributed by atoms with Gasteiger partial charge in [0.15, 0.2) is 0 Å². The summed E-state index contributed by atoms with van der Waals surface area (Å²) in [5, 5.41) is 3.16. The third kappa shape index (κ3) is 4.33. The van der Waals surface area contributed by atoms with Crippen LogP contribution >= 0.6 is 0 Å². The number of rotatable bonds is 7. The number of anilines is 2. The summed E-state index contributed by atoms with van der Waals surface area (Å²) in [5.41, 5.74) is 6.45. The van der Waals surface area contributed by atoms with Crippen molar-refractivity contribution in [1.29, 1.82) is 0 Å². The largest absolute Gasteiger partial charge is 0.396 e. The van der Waals surface area contributed by atoms with Crippen LogP contribution in [0.3, 0.4) is 0 Å². The molecule has 0 unspecified atom stereocenters. The fourth-order valence-corrected chi connectivity index (χ4v) is 2.90. The molecule has 0 aliphatic heterocycles. The Bertz CT molecular complexity index is 583. The SMILES string of the molecule is CCOC(C)(C)CNc1cccc(S(=O)(=O)N(C)C)c1N. The second-order valence-corrected chi connectivity index (χ2v) is 7.67. The van der Waals surface area contributed by atoms with Gasteiger partial charge in [-0.1, -0.05) is 6.07 Å². The van der Waals surface area contributed by atoms with E-state index in [-0.39, 0.29) is 16.2 Å². The Morgan fingerprint density at radius 2 is 1.95 bits per heavy atom. The van der Waals surface area contributed by atoms with Gasteiger partial charge >= 0.3 is 0 Å². The summed E-state index contributed by atoms with van der Waals surface area (Å²) >= 11 is 0. The lowest BCUT2D eigenvalue weighted by atomic mass is 10.1. The molecule has 0 atom stereocenters. The van der Waals surface area contributed by atoms with Crippen LogP contribution in [0, 0.1) is 0 Å². The first kappa shape index (κ1) is 17.7. The Morgan fingerprint density at radius 3 is 2.48 bits per heavy atom. The molecule has 0 heterocycles. The van der Waals surface area contributed by atoms with Crippen LogP contribution in [-0.2, 0) is 14.8 Å². The van der Waals surface area contributed by atoms with Crippen LogP contribution in [0.4, 0.5) is 11.4 Å². The average Bonchev–Trinajstić information content (AvgIpc) is 2.37. The van der Waals surface area contributed by atoms with Gasteiger partial charge in [0.25, 0.3) is 0 Å². The van der Waals surface area contributed by atoms with Crippen LogP contribution in [-0.4, -0.2) is 45.6 Å². The summed E-state index contributed by atoms with van der Waals surface area (Å²) in [6.07, 6.45) is 0. The smallest absolute Gasteiger partial charge is 0.244 e. The summed E-state index contributed by atoms with van der Waals surface area (Å²) in [6.45, 7) is 6.98. The van der Waals surface area contributed by atoms with Gasteiger partial charge in [-0.05, 0) is 32.9 Å². The molecule has 0 bridgehead atoms. The number of hydrogen-bond acceptors (Lipinski definition) is 5. The van der Waals surface area contributed by atoms with Crippen molar-refractivity contribution in [2.45, 2.75) is 31.3 Å². The van der Waals surface area contributed by atoms with Crippen molar-refractivity contribution in [3.8, 4) is 0 Å². The molecule has 0 aliphatic rings. The first-order chi connectivity index (χ1) is 9.62. The van der Waals surface area contributed by atoms with E-state index in [2.05, 4.69) is 5.32 Å². The topological polar surface area (TPSA) is 84.7 Å². The van der Waals surface area contributed by atoms with Crippen LogP contribution in [0.2, 0.25) is 0 Å². The van der Waals surface area contributed by atoms with Gasteiger partial charge in [-0.25, -0.2) is 12.7 Å². The number of nitrogen functional groups attached to an aromatic ring is 1. The number of hydrogen-bond donors (Lipinski definition) is 2. The fraction of sp³-hybridized carbons (Fsp3) is 0.571. The van der Waals surface area contributed by atoms with E-state index in [9.17, 15) is 8.42 Å². The molecule has 0 fully saturated rings. The molecule has 1 aromatic rings. The van der Waals surface area contributed by atoms with Crippen molar-refractivity contribution < 1.29 is 13.2 Å². The molecular weight excluding hydrogens is 290 g/mol. The van der Waals surface area contributed by atoms with Crippen molar-refractivity contribution in [3.05, 3.63) is 18.2 Å². The van der Waals surface area contributed by atoms with E-state index in [1.54, 1.807) is 12.1 Å². The summed E-state index contributed by atoms with van der Waals surface area (Å²) in [6, 6.07) is 4.93. The standard InChI is InChI=1S/C14H25N3O3S/c1-6-20-14(2,3)10-16-11-8-7-9-12(13(11)15)21(18,19)17(4)5/h7-9,16H,6,10,15H2,1-5H3. The molecule has 0 saturated carbocycles. The van der Waals surface area contributed by atoms with Crippen LogP contribution in [0.5, 0.6) is 0 Å². The zero-order valence-corrected chi connectivity index (χ0v) is 14.1. The third-order valence-electron chi connectivity index (χ3n) is 3.06. The lowest BCUT2D eigenvalue weighted by molar-refractivity contribution is 0.000708. The lowest BCUT2D eigenvalue weighted by Crippen LogP contribution is -2.33. The zero-order valence-electron chi connectivity index (χ0n) is 13.3. The summed E-state index contributed by atoms with van der Waals surface area (Å²) in [7, 11) is -0.599. The molecule has 120 valence electrons. The van der Waals surface area contributed by atoms with Gasteiger partial charge in [0.2, 0.25) is 10.0 Å². The van der Waals surface area contributed by atoms with E-state index in [0.717, 1.165) is 4.31 Å². The highest BCUT2D eigenvalue weighted by molar-refractivity contribution is 7.89.